The van der Waals surface area contributed by atoms with Crippen LogP contribution in [-0.4, -0.2) is 47.9 Å². The maximum absolute atomic E-state index is 12.1. The molecule has 6 nitrogen and oxygen atoms in total. The fourth-order valence-corrected chi connectivity index (χ4v) is 1.94. The van der Waals surface area contributed by atoms with Crippen LogP contribution in [-0.2, 0) is 14.4 Å². The fraction of sp³-hybridized carbons (Fsp3) is 0.526. The summed E-state index contributed by atoms with van der Waals surface area (Å²) in [5, 5.41) is 11.3. The normalized spacial score (nSPS) is 13.6. The van der Waals surface area contributed by atoms with Gasteiger partial charge in [0.1, 0.15) is 6.04 Å². The molecule has 0 radical (unpaired) electrons. The van der Waals surface area contributed by atoms with E-state index in [9.17, 15) is 14.4 Å². The minimum Gasteiger partial charge on any atom is -0.480 e. The van der Waals surface area contributed by atoms with Crippen LogP contribution in [0.3, 0.4) is 0 Å². The standard InChI is InChI=1S/C19H30N2O4/c1-6-10-16(18(23)20-15(3)19(24)25)13-14(2)11-8-7-9-12-17(22)21(4)5/h8,10-11,13,15H,6-7,9,12H2,1-5H3,(H,20,23)(H,24,25)/b11-8-,14-13+,16-10+. The Balaban J connectivity index is 4.69. The van der Waals surface area contributed by atoms with Crippen LogP contribution in [0.2, 0.25) is 0 Å². The number of amides is 2. The van der Waals surface area contributed by atoms with Gasteiger partial charge < -0.3 is 15.3 Å². The van der Waals surface area contributed by atoms with Gasteiger partial charge in [0.05, 0.1) is 0 Å². The predicted molar refractivity (Wildman–Crippen MR) is 99.1 cm³/mol. The number of rotatable bonds is 10. The van der Waals surface area contributed by atoms with Crippen LogP contribution in [0, 0.1) is 0 Å². The molecule has 0 aliphatic heterocycles. The van der Waals surface area contributed by atoms with Gasteiger partial charge in [0.2, 0.25) is 5.91 Å². The minimum absolute atomic E-state index is 0.109. The highest BCUT2D eigenvalue weighted by molar-refractivity contribution is 5.98. The summed E-state index contributed by atoms with van der Waals surface area (Å²) in [6, 6.07) is -0.939. The first-order valence-corrected chi connectivity index (χ1v) is 8.47. The van der Waals surface area contributed by atoms with Gasteiger partial charge in [0, 0.05) is 26.1 Å². The average molecular weight is 350 g/mol. The molecule has 0 rings (SSSR count). The molecular formula is C19H30N2O4. The molecule has 0 saturated heterocycles. The topological polar surface area (TPSA) is 86.7 Å². The lowest BCUT2D eigenvalue weighted by atomic mass is 10.1. The van der Waals surface area contributed by atoms with Crippen LogP contribution in [0.1, 0.15) is 46.5 Å². The van der Waals surface area contributed by atoms with E-state index in [0.717, 1.165) is 18.4 Å². The molecule has 0 bridgehead atoms. The Kier molecular flexibility index (Phi) is 10.9. The van der Waals surface area contributed by atoms with Gasteiger partial charge in [0.25, 0.3) is 5.91 Å². The highest BCUT2D eigenvalue weighted by Gasteiger charge is 2.15. The monoisotopic (exact) mass is 350 g/mol. The van der Waals surface area contributed by atoms with Crippen LogP contribution < -0.4 is 5.32 Å². The van der Waals surface area contributed by atoms with Crippen LogP contribution in [0.25, 0.3) is 0 Å². The number of carboxylic acid groups (broad SMARTS) is 1. The third-order valence-electron chi connectivity index (χ3n) is 3.43. The van der Waals surface area contributed by atoms with Crippen molar-refractivity contribution in [1.29, 1.82) is 0 Å². The van der Waals surface area contributed by atoms with Crippen molar-refractivity contribution in [2.75, 3.05) is 14.1 Å². The fourth-order valence-electron chi connectivity index (χ4n) is 1.94. The molecule has 0 aromatic carbocycles. The molecule has 1 atom stereocenters. The Hall–Kier alpha value is -2.37. The Morgan fingerprint density at radius 2 is 1.88 bits per heavy atom. The third kappa shape index (κ3) is 10.2. The number of carboxylic acids is 1. The zero-order valence-electron chi connectivity index (χ0n) is 15.8. The first-order chi connectivity index (χ1) is 11.7. The number of unbranched alkanes of at least 4 members (excludes halogenated alkanes) is 1. The smallest absolute Gasteiger partial charge is 0.325 e. The van der Waals surface area contributed by atoms with Crippen molar-refractivity contribution in [3.8, 4) is 0 Å². The summed E-state index contributed by atoms with van der Waals surface area (Å²) >= 11 is 0. The van der Waals surface area contributed by atoms with E-state index in [1.54, 1.807) is 31.1 Å². The summed E-state index contributed by atoms with van der Waals surface area (Å²) < 4.78 is 0. The van der Waals surface area contributed by atoms with Gasteiger partial charge in [-0.1, -0.05) is 30.7 Å². The second-order valence-corrected chi connectivity index (χ2v) is 6.07. The molecule has 0 spiro atoms. The Morgan fingerprint density at radius 3 is 2.40 bits per heavy atom. The van der Waals surface area contributed by atoms with Gasteiger partial charge in [-0.3, -0.25) is 14.4 Å². The molecule has 0 aromatic heterocycles. The molecule has 2 amide bonds. The lowest BCUT2D eigenvalue weighted by Gasteiger charge is -2.10. The van der Waals surface area contributed by atoms with E-state index >= 15 is 0 Å². The summed E-state index contributed by atoms with van der Waals surface area (Å²) in [5.41, 5.74) is 1.33. The van der Waals surface area contributed by atoms with Gasteiger partial charge in [-0.05, 0) is 39.2 Å². The summed E-state index contributed by atoms with van der Waals surface area (Å²) in [6.45, 7) is 5.21. The Bertz CT molecular complexity index is 560. The number of aliphatic carboxylic acids is 1. The quantitative estimate of drug-likeness (QED) is 0.360. The zero-order chi connectivity index (χ0) is 19.4. The van der Waals surface area contributed by atoms with Crippen molar-refractivity contribution in [3.05, 3.63) is 35.5 Å². The largest absolute Gasteiger partial charge is 0.480 e. The van der Waals surface area contributed by atoms with E-state index in [1.165, 1.54) is 6.92 Å². The number of carbonyl (C=O) groups is 3. The first-order valence-electron chi connectivity index (χ1n) is 8.47. The summed E-state index contributed by atoms with van der Waals surface area (Å²) in [6.07, 6.45) is 10.1. The number of carbonyl (C=O) groups excluding carboxylic acids is 2. The van der Waals surface area contributed by atoms with E-state index in [1.807, 2.05) is 26.0 Å². The van der Waals surface area contributed by atoms with E-state index in [-0.39, 0.29) is 5.91 Å². The van der Waals surface area contributed by atoms with E-state index in [4.69, 9.17) is 5.11 Å². The Morgan fingerprint density at radius 1 is 1.24 bits per heavy atom. The van der Waals surface area contributed by atoms with Crippen molar-refractivity contribution in [1.82, 2.24) is 10.2 Å². The maximum Gasteiger partial charge on any atom is 0.325 e. The number of allylic oxidation sites excluding steroid dienone is 4. The predicted octanol–water partition coefficient (Wildman–Crippen LogP) is 2.67. The molecule has 0 heterocycles. The van der Waals surface area contributed by atoms with Gasteiger partial charge in [-0.15, -0.1) is 0 Å². The third-order valence-corrected chi connectivity index (χ3v) is 3.43. The molecule has 140 valence electrons. The van der Waals surface area contributed by atoms with E-state index < -0.39 is 17.9 Å². The van der Waals surface area contributed by atoms with E-state index in [2.05, 4.69) is 5.32 Å². The molecule has 0 aliphatic rings. The van der Waals surface area contributed by atoms with Crippen molar-refractivity contribution in [2.24, 2.45) is 0 Å². The first kappa shape index (κ1) is 22.6. The molecule has 0 aromatic rings. The molecule has 0 aliphatic carbocycles. The summed E-state index contributed by atoms with van der Waals surface area (Å²) in [7, 11) is 3.48. The second-order valence-electron chi connectivity index (χ2n) is 6.07. The van der Waals surface area contributed by atoms with Crippen molar-refractivity contribution < 1.29 is 19.5 Å². The van der Waals surface area contributed by atoms with E-state index in [0.29, 0.717) is 18.4 Å². The van der Waals surface area contributed by atoms with Crippen molar-refractivity contribution >= 4 is 17.8 Å². The molecule has 6 heteroatoms. The van der Waals surface area contributed by atoms with Crippen molar-refractivity contribution in [2.45, 2.75) is 52.5 Å². The van der Waals surface area contributed by atoms with Crippen molar-refractivity contribution in [3.63, 3.8) is 0 Å². The van der Waals surface area contributed by atoms with Crippen LogP contribution in [0.5, 0.6) is 0 Å². The molecule has 0 fully saturated rings. The van der Waals surface area contributed by atoms with Gasteiger partial charge in [-0.2, -0.15) is 0 Å². The lowest BCUT2D eigenvalue weighted by molar-refractivity contribution is -0.140. The molecule has 1 unspecified atom stereocenters. The number of hydrogen-bond donors (Lipinski definition) is 2. The second kappa shape index (κ2) is 12.1. The SMILES string of the molecule is CC\C=C(/C=C(C)/C=C\CCCC(=O)N(C)C)C(=O)NC(C)C(=O)O. The minimum atomic E-state index is -1.07. The molecular weight excluding hydrogens is 320 g/mol. The summed E-state index contributed by atoms with van der Waals surface area (Å²) in [4.78, 5) is 36.0. The number of nitrogens with zero attached hydrogens (tertiary/aromatic N) is 1. The molecule has 25 heavy (non-hydrogen) atoms. The van der Waals surface area contributed by atoms with Crippen LogP contribution in [0.4, 0.5) is 0 Å². The van der Waals surface area contributed by atoms with Crippen LogP contribution >= 0.6 is 0 Å². The highest BCUT2D eigenvalue weighted by atomic mass is 16.4. The summed E-state index contributed by atoms with van der Waals surface area (Å²) in [5.74, 6) is -1.36. The zero-order valence-corrected chi connectivity index (χ0v) is 15.8. The molecule has 2 N–H and O–H groups in total. The maximum atomic E-state index is 12.1. The highest BCUT2D eigenvalue weighted by Crippen LogP contribution is 2.08. The van der Waals surface area contributed by atoms with Gasteiger partial charge >= 0.3 is 5.97 Å². The Labute approximate surface area is 150 Å². The van der Waals surface area contributed by atoms with Gasteiger partial charge in [0.15, 0.2) is 0 Å². The van der Waals surface area contributed by atoms with Gasteiger partial charge in [-0.25, -0.2) is 0 Å². The number of nitrogens with one attached hydrogen (secondary N) is 1. The number of hydrogen-bond acceptors (Lipinski definition) is 3. The van der Waals surface area contributed by atoms with Crippen LogP contribution in [0.15, 0.2) is 35.5 Å². The molecule has 0 saturated carbocycles. The lowest BCUT2D eigenvalue weighted by Crippen LogP contribution is -2.38. The average Bonchev–Trinajstić information content (AvgIpc) is 2.53.